The number of hydrogen-bond acceptors (Lipinski definition) is 4. The van der Waals surface area contributed by atoms with Crippen LogP contribution in [0.5, 0.6) is 0 Å². The fraction of sp³-hybridized carbons (Fsp3) is 0.219. The van der Waals surface area contributed by atoms with E-state index >= 15 is 0 Å². The lowest BCUT2D eigenvalue weighted by Crippen LogP contribution is -2.21. The van der Waals surface area contributed by atoms with E-state index in [1.165, 1.54) is 15.4 Å². The first-order chi connectivity index (χ1) is 18.9. The number of carbonyl (C=O) groups excluding carboxylic acids is 2. The number of aromatic nitrogens is 1. The summed E-state index contributed by atoms with van der Waals surface area (Å²) in [5.74, 6) is -0.214. The van der Waals surface area contributed by atoms with Gasteiger partial charge in [0.25, 0.3) is 11.8 Å². The number of rotatable bonds is 5. The predicted octanol–water partition coefficient (Wildman–Crippen LogP) is 7.09. The number of fused-ring (bicyclic) bond motifs is 1. The quantitative estimate of drug-likeness (QED) is 0.278. The van der Waals surface area contributed by atoms with Gasteiger partial charge in [0.1, 0.15) is 5.00 Å². The van der Waals surface area contributed by atoms with Crippen LogP contribution in [0.3, 0.4) is 0 Å². The summed E-state index contributed by atoms with van der Waals surface area (Å²) in [6, 6.07) is 21.2. The molecule has 39 heavy (non-hydrogen) atoms. The SMILES string of the molecule is CC1=NN(c2ccccc2)C(=O)/C1=C\c1cc(C)n(-c2sc3c(c2C(=O)Nc2ccccc2)CCCC3)c1C. The predicted molar refractivity (Wildman–Crippen MR) is 159 cm³/mol. The minimum absolute atomic E-state index is 0.0737. The molecule has 0 fully saturated rings. The molecule has 2 aliphatic rings. The van der Waals surface area contributed by atoms with Crippen LogP contribution >= 0.6 is 11.3 Å². The minimum Gasteiger partial charge on any atom is -0.322 e. The van der Waals surface area contributed by atoms with Gasteiger partial charge in [0.2, 0.25) is 0 Å². The van der Waals surface area contributed by atoms with Crippen molar-refractivity contribution in [3.05, 3.63) is 105 Å². The number of amides is 2. The number of carbonyl (C=O) groups is 2. The number of benzene rings is 2. The van der Waals surface area contributed by atoms with Gasteiger partial charge < -0.3 is 9.88 Å². The molecule has 0 bridgehead atoms. The molecule has 1 aliphatic heterocycles. The molecule has 0 radical (unpaired) electrons. The van der Waals surface area contributed by atoms with Crippen molar-refractivity contribution in [2.75, 3.05) is 10.3 Å². The Kier molecular flexibility index (Phi) is 6.53. The molecule has 2 aromatic heterocycles. The van der Waals surface area contributed by atoms with Crippen molar-refractivity contribution < 1.29 is 9.59 Å². The first kappa shape index (κ1) is 25.1. The third kappa shape index (κ3) is 4.53. The van der Waals surface area contributed by atoms with Gasteiger partial charge >= 0.3 is 0 Å². The molecular formula is C32H30N4O2S. The second-order valence-corrected chi connectivity index (χ2v) is 11.2. The van der Waals surface area contributed by atoms with Crippen LogP contribution in [0.25, 0.3) is 11.1 Å². The number of anilines is 2. The summed E-state index contributed by atoms with van der Waals surface area (Å²) in [4.78, 5) is 28.3. The topological polar surface area (TPSA) is 66.7 Å². The van der Waals surface area contributed by atoms with Gasteiger partial charge in [-0.15, -0.1) is 11.3 Å². The highest BCUT2D eigenvalue weighted by molar-refractivity contribution is 7.15. The van der Waals surface area contributed by atoms with Crippen molar-refractivity contribution in [1.29, 1.82) is 0 Å². The van der Waals surface area contributed by atoms with Crippen LogP contribution in [-0.2, 0) is 17.6 Å². The fourth-order valence-corrected chi connectivity index (χ4v) is 6.99. The molecule has 0 saturated carbocycles. The van der Waals surface area contributed by atoms with E-state index in [0.29, 0.717) is 11.3 Å². The zero-order valence-electron chi connectivity index (χ0n) is 22.3. The summed E-state index contributed by atoms with van der Waals surface area (Å²) in [6.45, 7) is 5.98. The Balaban J connectivity index is 1.40. The lowest BCUT2D eigenvalue weighted by molar-refractivity contribution is -0.114. The van der Waals surface area contributed by atoms with Crippen LogP contribution in [0, 0.1) is 13.8 Å². The van der Waals surface area contributed by atoms with Crippen LogP contribution in [-0.4, -0.2) is 22.1 Å². The maximum atomic E-state index is 13.7. The summed E-state index contributed by atoms with van der Waals surface area (Å²) in [7, 11) is 0. The molecule has 1 N–H and O–H groups in total. The number of hydrazone groups is 1. The molecule has 196 valence electrons. The van der Waals surface area contributed by atoms with Gasteiger partial charge in [-0.1, -0.05) is 36.4 Å². The van der Waals surface area contributed by atoms with Gasteiger partial charge in [0.15, 0.2) is 0 Å². The van der Waals surface area contributed by atoms with Crippen LogP contribution < -0.4 is 10.3 Å². The first-order valence-corrected chi connectivity index (χ1v) is 14.1. The van der Waals surface area contributed by atoms with Crippen molar-refractivity contribution in [3.8, 4) is 5.00 Å². The molecule has 1 aliphatic carbocycles. The number of hydrogen-bond donors (Lipinski definition) is 1. The van der Waals surface area contributed by atoms with Gasteiger partial charge in [0, 0.05) is 22.0 Å². The van der Waals surface area contributed by atoms with Gasteiger partial charge in [-0.3, -0.25) is 9.59 Å². The summed E-state index contributed by atoms with van der Waals surface area (Å²) in [5, 5.41) is 10.1. The number of thiophene rings is 1. The lowest BCUT2D eigenvalue weighted by Gasteiger charge is -2.14. The third-order valence-electron chi connectivity index (χ3n) is 7.45. The average Bonchev–Trinajstić information content (AvgIpc) is 3.56. The Labute approximate surface area is 232 Å². The molecule has 0 unspecified atom stereocenters. The summed E-state index contributed by atoms with van der Waals surface area (Å²) >= 11 is 1.72. The summed E-state index contributed by atoms with van der Waals surface area (Å²) in [6.07, 6.45) is 6.08. The lowest BCUT2D eigenvalue weighted by atomic mass is 9.95. The number of nitrogens with zero attached hydrogens (tertiary/aromatic N) is 3. The summed E-state index contributed by atoms with van der Waals surface area (Å²) in [5.41, 5.74) is 7.69. The first-order valence-electron chi connectivity index (χ1n) is 13.3. The molecule has 6 rings (SSSR count). The Bertz CT molecular complexity index is 1640. The normalized spacial score (nSPS) is 16.0. The zero-order valence-corrected chi connectivity index (χ0v) is 23.1. The Morgan fingerprint density at radius 2 is 1.67 bits per heavy atom. The molecule has 0 saturated heterocycles. The van der Waals surface area contributed by atoms with E-state index in [4.69, 9.17) is 0 Å². The molecule has 6 nitrogen and oxygen atoms in total. The van der Waals surface area contributed by atoms with Crippen LogP contribution in [0.4, 0.5) is 11.4 Å². The highest BCUT2D eigenvalue weighted by atomic mass is 32.1. The largest absolute Gasteiger partial charge is 0.322 e. The number of para-hydroxylation sites is 2. The van der Waals surface area contributed by atoms with Gasteiger partial charge in [-0.2, -0.15) is 10.1 Å². The van der Waals surface area contributed by atoms with Gasteiger partial charge in [0.05, 0.1) is 22.5 Å². The van der Waals surface area contributed by atoms with Crippen molar-refractivity contribution in [2.24, 2.45) is 5.10 Å². The van der Waals surface area contributed by atoms with E-state index in [9.17, 15) is 9.59 Å². The second kappa shape index (κ2) is 10.2. The number of nitrogens with one attached hydrogen (secondary N) is 1. The molecular weight excluding hydrogens is 504 g/mol. The molecule has 2 aromatic carbocycles. The van der Waals surface area contributed by atoms with Crippen molar-refractivity contribution in [2.45, 2.75) is 46.5 Å². The second-order valence-electron chi connectivity index (χ2n) is 10.1. The summed E-state index contributed by atoms with van der Waals surface area (Å²) < 4.78 is 2.18. The Hall–Kier alpha value is -4.23. The van der Waals surface area contributed by atoms with Crippen LogP contribution in [0.15, 0.2) is 77.4 Å². The molecule has 2 amide bonds. The molecule has 3 heterocycles. The Morgan fingerprint density at radius 1 is 0.974 bits per heavy atom. The van der Waals surface area contributed by atoms with Gasteiger partial charge in [-0.25, -0.2) is 0 Å². The fourth-order valence-electron chi connectivity index (χ4n) is 5.49. The van der Waals surface area contributed by atoms with E-state index in [1.807, 2.05) is 73.7 Å². The maximum absolute atomic E-state index is 13.7. The average molecular weight is 535 g/mol. The maximum Gasteiger partial charge on any atom is 0.280 e. The van der Waals surface area contributed by atoms with E-state index in [0.717, 1.165) is 64.6 Å². The van der Waals surface area contributed by atoms with Crippen molar-refractivity contribution in [1.82, 2.24) is 4.57 Å². The standard InChI is InChI=1S/C32H30N4O2S/c1-20-18-23(19-27-21(2)34-36(31(27)38)25-14-8-5-9-15-25)22(3)35(20)32-29(26-16-10-11-17-28(26)39-32)30(37)33-24-12-6-4-7-13-24/h4-9,12-15,18-19H,10-11,16-17H2,1-3H3,(H,33,37)/b27-19-. The van der Waals surface area contributed by atoms with E-state index in [-0.39, 0.29) is 11.8 Å². The third-order valence-corrected chi connectivity index (χ3v) is 8.72. The van der Waals surface area contributed by atoms with E-state index < -0.39 is 0 Å². The highest BCUT2D eigenvalue weighted by Crippen LogP contribution is 2.39. The molecule has 7 heteroatoms. The monoisotopic (exact) mass is 534 g/mol. The van der Waals surface area contributed by atoms with Crippen molar-refractivity contribution in [3.63, 3.8) is 0 Å². The zero-order chi connectivity index (χ0) is 27.1. The molecule has 0 atom stereocenters. The smallest absolute Gasteiger partial charge is 0.280 e. The van der Waals surface area contributed by atoms with Crippen LogP contribution in [0.1, 0.15) is 57.5 Å². The van der Waals surface area contributed by atoms with Crippen LogP contribution in [0.2, 0.25) is 0 Å². The van der Waals surface area contributed by atoms with E-state index in [1.54, 1.807) is 11.3 Å². The molecule has 4 aromatic rings. The highest BCUT2D eigenvalue weighted by Gasteiger charge is 2.31. The Morgan fingerprint density at radius 3 is 2.41 bits per heavy atom. The minimum atomic E-state index is -0.141. The van der Waals surface area contributed by atoms with Gasteiger partial charge in [-0.05, 0) is 94.0 Å². The molecule has 0 spiro atoms. The van der Waals surface area contributed by atoms with E-state index in [2.05, 4.69) is 34.9 Å². The van der Waals surface area contributed by atoms with Crippen molar-refractivity contribution >= 4 is 46.3 Å². The number of aryl methyl sites for hydroxylation is 2.